The van der Waals surface area contributed by atoms with E-state index in [0.717, 1.165) is 25.9 Å². The minimum absolute atomic E-state index is 0.0934. The molecule has 1 fully saturated rings. The largest absolute Gasteiger partial charge is 0.455 e. The highest BCUT2D eigenvalue weighted by atomic mass is 19.1. The van der Waals surface area contributed by atoms with Crippen LogP contribution in [0.25, 0.3) is 0 Å². The summed E-state index contributed by atoms with van der Waals surface area (Å²) in [5, 5.41) is 5.94. The van der Waals surface area contributed by atoms with E-state index in [-0.39, 0.29) is 11.6 Å². The van der Waals surface area contributed by atoms with Gasteiger partial charge in [0.05, 0.1) is 0 Å². The van der Waals surface area contributed by atoms with Gasteiger partial charge >= 0.3 is 0 Å². The van der Waals surface area contributed by atoms with Crippen molar-refractivity contribution < 1.29 is 13.9 Å². The number of nitrogens with one attached hydrogen (secondary N) is 2. The Bertz CT molecular complexity index is 685. The molecule has 4 nitrogen and oxygen atoms in total. The van der Waals surface area contributed by atoms with Gasteiger partial charge in [-0.15, -0.1) is 0 Å². The van der Waals surface area contributed by atoms with Gasteiger partial charge in [-0.05, 0) is 56.1 Å². The lowest BCUT2D eigenvalue weighted by Crippen LogP contribution is -2.16. The molecule has 1 atom stereocenters. The van der Waals surface area contributed by atoms with Gasteiger partial charge < -0.3 is 15.4 Å². The van der Waals surface area contributed by atoms with Crippen LogP contribution in [0, 0.1) is 11.7 Å². The standard InChI is InChI=1S/C19H21FN2O2/c20-16-7-4-8-17(24-15-5-2-1-3-6-15)19(16)22-18(23)10-9-14-11-12-21-13-14/h1-8,14,21H,9-13H2,(H,22,23). The average molecular weight is 328 g/mol. The van der Waals surface area contributed by atoms with E-state index in [4.69, 9.17) is 4.74 Å². The molecule has 1 aliphatic heterocycles. The molecule has 2 aromatic carbocycles. The molecule has 1 aliphatic rings. The summed E-state index contributed by atoms with van der Waals surface area (Å²) in [7, 11) is 0. The predicted octanol–water partition coefficient (Wildman–Crippen LogP) is 3.95. The summed E-state index contributed by atoms with van der Waals surface area (Å²) in [4.78, 5) is 12.2. The van der Waals surface area contributed by atoms with Crippen molar-refractivity contribution in [1.29, 1.82) is 0 Å². The molecule has 24 heavy (non-hydrogen) atoms. The highest BCUT2D eigenvalue weighted by Crippen LogP contribution is 2.32. The van der Waals surface area contributed by atoms with Crippen molar-refractivity contribution in [2.24, 2.45) is 5.92 Å². The maximum atomic E-state index is 14.1. The van der Waals surface area contributed by atoms with E-state index in [1.54, 1.807) is 24.3 Å². The molecule has 126 valence electrons. The second-order valence-electron chi connectivity index (χ2n) is 5.97. The number of rotatable bonds is 6. The predicted molar refractivity (Wildman–Crippen MR) is 91.8 cm³/mol. The summed E-state index contributed by atoms with van der Waals surface area (Å²) in [6.45, 7) is 1.96. The van der Waals surface area contributed by atoms with E-state index in [1.165, 1.54) is 6.07 Å². The Labute approximate surface area is 141 Å². The van der Waals surface area contributed by atoms with E-state index in [2.05, 4.69) is 10.6 Å². The van der Waals surface area contributed by atoms with Crippen LogP contribution >= 0.6 is 0 Å². The van der Waals surface area contributed by atoms with E-state index >= 15 is 0 Å². The normalized spacial score (nSPS) is 16.8. The first-order chi connectivity index (χ1) is 11.7. The Morgan fingerprint density at radius 2 is 2.04 bits per heavy atom. The summed E-state index contributed by atoms with van der Waals surface area (Å²) in [6.07, 6.45) is 2.28. The number of anilines is 1. The smallest absolute Gasteiger partial charge is 0.224 e. The zero-order valence-electron chi connectivity index (χ0n) is 13.4. The van der Waals surface area contributed by atoms with E-state index in [9.17, 15) is 9.18 Å². The maximum Gasteiger partial charge on any atom is 0.224 e. The topological polar surface area (TPSA) is 50.4 Å². The van der Waals surface area contributed by atoms with Crippen molar-refractivity contribution in [2.45, 2.75) is 19.3 Å². The molecule has 0 saturated carbocycles. The molecule has 0 bridgehead atoms. The van der Waals surface area contributed by atoms with Crippen molar-refractivity contribution in [2.75, 3.05) is 18.4 Å². The Balaban J connectivity index is 1.66. The van der Waals surface area contributed by atoms with Gasteiger partial charge in [0.2, 0.25) is 5.91 Å². The molecular weight excluding hydrogens is 307 g/mol. The molecule has 0 aliphatic carbocycles. The van der Waals surface area contributed by atoms with Gasteiger partial charge in [-0.25, -0.2) is 4.39 Å². The van der Waals surface area contributed by atoms with E-state index < -0.39 is 5.82 Å². The van der Waals surface area contributed by atoms with Crippen molar-refractivity contribution in [1.82, 2.24) is 5.32 Å². The van der Waals surface area contributed by atoms with Crippen LogP contribution in [0.3, 0.4) is 0 Å². The van der Waals surface area contributed by atoms with Crippen LogP contribution in [0.5, 0.6) is 11.5 Å². The fraction of sp³-hybridized carbons (Fsp3) is 0.316. The summed E-state index contributed by atoms with van der Waals surface area (Å²) >= 11 is 0. The van der Waals surface area contributed by atoms with Crippen LogP contribution in [0.1, 0.15) is 19.3 Å². The Kier molecular flexibility index (Phi) is 5.43. The minimum Gasteiger partial charge on any atom is -0.455 e. The molecule has 0 spiro atoms. The number of carbonyl (C=O) groups excluding carboxylic acids is 1. The Hall–Kier alpha value is -2.40. The van der Waals surface area contributed by atoms with Crippen molar-refractivity contribution in [3.63, 3.8) is 0 Å². The maximum absolute atomic E-state index is 14.1. The molecule has 3 rings (SSSR count). The van der Waals surface area contributed by atoms with Gasteiger partial charge in [0.15, 0.2) is 11.6 Å². The number of halogens is 1. The molecular formula is C19H21FN2O2. The lowest BCUT2D eigenvalue weighted by molar-refractivity contribution is -0.116. The SMILES string of the molecule is O=C(CCC1CCNC1)Nc1c(F)cccc1Oc1ccccc1. The summed E-state index contributed by atoms with van der Waals surface area (Å²) in [5.41, 5.74) is 0.0934. The van der Waals surface area contributed by atoms with Gasteiger partial charge in [0, 0.05) is 6.42 Å². The van der Waals surface area contributed by atoms with Crippen LogP contribution < -0.4 is 15.4 Å². The second kappa shape index (κ2) is 7.93. The zero-order chi connectivity index (χ0) is 16.8. The lowest BCUT2D eigenvalue weighted by Gasteiger charge is -2.14. The molecule has 5 heteroatoms. The lowest BCUT2D eigenvalue weighted by atomic mass is 10.0. The van der Waals surface area contributed by atoms with Crippen LogP contribution in [0.15, 0.2) is 48.5 Å². The third-order valence-electron chi connectivity index (χ3n) is 4.15. The van der Waals surface area contributed by atoms with Crippen LogP contribution in [0.2, 0.25) is 0 Å². The monoisotopic (exact) mass is 328 g/mol. The van der Waals surface area contributed by atoms with Gasteiger partial charge in [0.1, 0.15) is 11.4 Å². The number of carbonyl (C=O) groups is 1. The first-order valence-corrected chi connectivity index (χ1v) is 8.24. The van der Waals surface area contributed by atoms with E-state index in [0.29, 0.717) is 23.8 Å². The van der Waals surface area contributed by atoms with Crippen LogP contribution in [-0.2, 0) is 4.79 Å². The number of hydrogen-bond donors (Lipinski definition) is 2. The highest BCUT2D eigenvalue weighted by Gasteiger charge is 2.18. The van der Waals surface area contributed by atoms with Crippen molar-refractivity contribution in [3.05, 3.63) is 54.3 Å². The third-order valence-corrected chi connectivity index (χ3v) is 4.15. The van der Waals surface area contributed by atoms with Crippen molar-refractivity contribution in [3.8, 4) is 11.5 Å². The molecule has 1 unspecified atom stereocenters. The molecule has 0 aromatic heterocycles. The summed E-state index contributed by atoms with van der Waals surface area (Å²) < 4.78 is 19.9. The van der Waals surface area contributed by atoms with Gasteiger partial charge in [-0.1, -0.05) is 24.3 Å². The molecule has 2 aromatic rings. The highest BCUT2D eigenvalue weighted by molar-refractivity contribution is 5.92. The first-order valence-electron chi connectivity index (χ1n) is 8.24. The fourth-order valence-electron chi connectivity index (χ4n) is 2.82. The number of amides is 1. The Morgan fingerprint density at radius 1 is 1.21 bits per heavy atom. The average Bonchev–Trinajstić information content (AvgIpc) is 3.11. The van der Waals surface area contributed by atoms with Crippen LogP contribution in [0.4, 0.5) is 10.1 Å². The second-order valence-corrected chi connectivity index (χ2v) is 5.97. The van der Waals surface area contributed by atoms with Gasteiger partial charge in [-0.2, -0.15) is 0 Å². The molecule has 2 N–H and O–H groups in total. The van der Waals surface area contributed by atoms with E-state index in [1.807, 2.05) is 18.2 Å². The third kappa shape index (κ3) is 4.32. The number of benzene rings is 2. The summed E-state index contributed by atoms with van der Waals surface area (Å²) in [6, 6.07) is 13.6. The van der Waals surface area contributed by atoms with Gasteiger partial charge in [0.25, 0.3) is 0 Å². The molecule has 0 radical (unpaired) electrons. The summed E-state index contributed by atoms with van der Waals surface area (Å²) in [5.74, 6) is 0.730. The van der Waals surface area contributed by atoms with Crippen LogP contribution in [-0.4, -0.2) is 19.0 Å². The first kappa shape index (κ1) is 16.5. The van der Waals surface area contributed by atoms with Crippen molar-refractivity contribution >= 4 is 11.6 Å². The number of hydrogen-bond acceptors (Lipinski definition) is 3. The molecule has 1 amide bonds. The molecule has 1 heterocycles. The number of ether oxygens (including phenoxy) is 1. The van der Waals surface area contributed by atoms with Gasteiger partial charge in [-0.3, -0.25) is 4.79 Å². The number of para-hydroxylation sites is 2. The fourth-order valence-corrected chi connectivity index (χ4v) is 2.82. The zero-order valence-corrected chi connectivity index (χ0v) is 13.4. The minimum atomic E-state index is -0.501. The Morgan fingerprint density at radius 3 is 2.79 bits per heavy atom. The molecule has 1 saturated heterocycles. The quantitative estimate of drug-likeness (QED) is 0.844.